The van der Waals surface area contributed by atoms with Crippen LogP contribution in [0, 0.1) is 19.8 Å². The van der Waals surface area contributed by atoms with Gasteiger partial charge in [0.25, 0.3) is 0 Å². The summed E-state index contributed by atoms with van der Waals surface area (Å²) >= 11 is 6.26. The van der Waals surface area contributed by atoms with Crippen molar-refractivity contribution in [1.29, 1.82) is 0 Å². The van der Waals surface area contributed by atoms with Crippen LogP contribution in [0.25, 0.3) is 33.5 Å². The molecular weight excluding hydrogens is 432 g/mol. The molecule has 0 atom stereocenters. The van der Waals surface area contributed by atoms with Gasteiger partial charge in [0.05, 0.1) is 16.9 Å². The van der Waals surface area contributed by atoms with E-state index >= 15 is 0 Å². The number of halogens is 1. The standard InChI is InChI=1S/C27H29ClN4O/c1-6-17(7-2)26(33)20-14-29-24-19(20)13-21(23-15(4)10-9-11-16(23)5)31-25(24)22-12-18(8-3)30-27(28)32-22/h9-14,17,29H,6-8H2,1-5H3. The molecule has 1 aromatic carbocycles. The predicted molar refractivity (Wildman–Crippen MR) is 135 cm³/mol. The quantitative estimate of drug-likeness (QED) is 0.235. The van der Waals surface area contributed by atoms with Gasteiger partial charge in [-0.1, -0.05) is 39.0 Å². The fourth-order valence-corrected chi connectivity index (χ4v) is 4.71. The van der Waals surface area contributed by atoms with Gasteiger partial charge in [0.2, 0.25) is 5.28 Å². The van der Waals surface area contributed by atoms with Crippen LogP contribution in [0.4, 0.5) is 0 Å². The summed E-state index contributed by atoms with van der Waals surface area (Å²) in [6.07, 6.45) is 4.17. The first-order valence-electron chi connectivity index (χ1n) is 11.5. The fourth-order valence-electron chi connectivity index (χ4n) is 4.51. The molecule has 4 rings (SSSR count). The van der Waals surface area contributed by atoms with E-state index in [0.29, 0.717) is 17.0 Å². The second-order valence-electron chi connectivity index (χ2n) is 8.49. The van der Waals surface area contributed by atoms with Crippen LogP contribution >= 0.6 is 11.6 Å². The summed E-state index contributed by atoms with van der Waals surface area (Å²) in [6.45, 7) is 10.3. The highest BCUT2D eigenvalue weighted by atomic mass is 35.5. The van der Waals surface area contributed by atoms with Gasteiger partial charge < -0.3 is 4.98 Å². The van der Waals surface area contributed by atoms with Gasteiger partial charge in [-0.05, 0) is 68.0 Å². The number of rotatable bonds is 7. The number of hydrogen-bond acceptors (Lipinski definition) is 4. The van der Waals surface area contributed by atoms with Crippen LogP contribution in [0.2, 0.25) is 5.28 Å². The Morgan fingerprint density at radius 2 is 1.70 bits per heavy atom. The SMILES string of the molecule is CCc1cc(-c2nc(-c3c(C)cccc3C)cc3c(C(=O)C(CC)CC)c[nH]c23)nc(Cl)n1. The van der Waals surface area contributed by atoms with Gasteiger partial charge >= 0.3 is 0 Å². The van der Waals surface area contributed by atoms with E-state index in [2.05, 4.69) is 54.8 Å². The summed E-state index contributed by atoms with van der Waals surface area (Å²) in [6, 6.07) is 10.2. The van der Waals surface area contributed by atoms with Crippen LogP contribution in [0.3, 0.4) is 0 Å². The lowest BCUT2D eigenvalue weighted by molar-refractivity contribution is 0.0915. The van der Waals surface area contributed by atoms with Crippen LogP contribution in [0.5, 0.6) is 0 Å². The average molecular weight is 461 g/mol. The molecule has 0 fully saturated rings. The molecule has 0 saturated carbocycles. The van der Waals surface area contributed by atoms with Crippen LogP contribution in [-0.2, 0) is 6.42 Å². The van der Waals surface area contributed by atoms with Crippen molar-refractivity contribution in [2.45, 2.75) is 53.9 Å². The monoisotopic (exact) mass is 460 g/mol. The Balaban J connectivity index is 2.05. The number of nitrogens with zero attached hydrogens (tertiary/aromatic N) is 3. The zero-order valence-corrected chi connectivity index (χ0v) is 20.5. The van der Waals surface area contributed by atoms with Crippen molar-refractivity contribution in [3.8, 4) is 22.6 Å². The number of Topliss-reactive ketones (excluding diaryl/α,β-unsaturated/α-hetero) is 1. The molecular formula is C27H29ClN4O. The molecule has 3 heterocycles. The minimum absolute atomic E-state index is 0.00977. The molecule has 170 valence electrons. The van der Waals surface area contributed by atoms with E-state index in [1.165, 1.54) is 0 Å². The third-order valence-electron chi connectivity index (χ3n) is 6.39. The van der Waals surface area contributed by atoms with Gasteiger partial charge in [-0.25, -0.2) is 15.0 Å². The third kappa shape index (κ3) is 4.30. The lowest BCUT2D eigenvalue weighted by Crippen LogP contribution is -2.12. The number of pyridine rings is 1. The Bertz CT molecular complexity index is 1320. The minimum atomic E-state index is -0.00977. The van der Waals surface area contributed by atoms with Crippen molar-refractivity contribution in [2.75, 3.05) is 0 Å². The number of nitrogens with one attached hydrogen (secondary N) is 1. The first-order chi connectivity index (χ1) is 15.9. The van der Waals surface area contributed by atoms with Gasteiger partial charge in [-0.3, -0.25) is 4.79 Å². The van der Waals surface area contributed by atoms with E-state index in [9.17, 15) is 4.79 Å². The summed E-state index contributed by atoms with van der Waals surface area (Å²) in [5.74, 6) is 0.148. The van der Waals surface area contributed by atoms with E-state index < -0.39 is 0 Å². The Labute approximate surface area is 199 Å². The molecule has 0 aliphatic carbocycles. The van der Waals surface area contributed by atoms with E-state index in [4.69, 9.17) is 16.6 Å². The van der Waals surface area contributed by atoms with Gasteiger partial charge in [0, 0.05) is 34.3 Å². The fraction of sp³-hybridized carbons (Fsp3) is 0.333. The molecule has 0 amide bonds. The Hall–Kier alpha value is -3.05. The number of fused-ring (bicyclic) bond motifs is 1. The number of ketones is 1. The number of carbonyl (C=O) groups is 1. The molecule has 0 spiro atoms. The first kappa shape index (κ1) is 23.1. The highest BCUT2D eigenvalue weighted by Gasteiger charge is 2.23. The van der Waals surface area contributed by atoms with E-state index in [1.807, 2.05) is 31.3 Å². The molecule has 6 heteroatoms. The Morgan fingerprint density at radius 1 is 1.00 bits per heavy atom. The maximum Gasteiger partial charge on any atom is 0.223 e. The van der Waals surface area contributed by atoms with E-state index in [-0.39, 0.29) is 17.0 Å². The van der Waals surface area contributed by atoms with Crippen molar-refractivity contribution < 1.29 is 4.79 Å². The molecule has 5 nitrogen and oxygen atoms in total. The molecule has 0 bridgehead atoms. The molecule has 0 aliphatic rings. The van der Waals surface area contributed by atoms with Crippen molar-refractivity contribution >= 4 is 28.3 Å². The highest BCUT2D eigenvalue weighted by Crippen LogP contribution is 2.35. The number of aryl methyl sites for hydroxylation is 3. The van der Waals surface area contributed by atoms with Crippen LogP contribution < -0.4 is 0 Å². The van der Waals surface area contributed by atoms with Crippen molar-refractivity contribution in [1.82, 2.24) is 19.9 Å². The summed E-state index contributed by atoms with van der Waals surface area (Å²) in [7, 11) is 0. The van der Waals surface area contributed by atoms with Crippen molar-refractivity contribution in [3.63, 3.8) is 0 Å². The molecule has 1 N–H and O–H groups in total. The van der Waals surface area contributed by atoms with Gasteiger partial charge in [0.15, 0.2) is 5.78 Å². The van der Waals surface area contributed by atoms with Crippen LogP contribution in [-0.4, -0.2) is 25.7 Å². The lowest BCUT2D eigenvalue weighted by Gasteiger charge is -2.14. The smallest absolute Gasteiger partial charge is 0.223 e. The second-order valence-corrected chi connectivity index (χ2v) is 8.83. The molecule has 0 aliphatic heterocycles. The van der Waals surface area contributed by atoms with Gasteiger partial charge in [-0.15, -0.1) is 0 Å². The number of aromatic amines is 1. The van der Waals surface area contributed by atoms with Crippen LogP contribution in [0.15, 0.2) is 36.5 Å². The maximum atomic E-state index is 13.4. The Morgan fingerprint density at radius 3 is 2.33 bits per heavy atom. The van der Waals surface area contributed by atoms with Gasteiger partial charge in [-0.2, -0.15) is 0 Å². The molecule has 0 radical (unpaired) electrons. The largest absolute Gasteiger partial charge is 0.359 e. The molecule has 4 aromatic rings. The number of carbonyl (C=O) groups excluding carboxylic acids is 1. The molecule has 0 saturated heterocycles. The predicted octanol–water partition coefficient (Wildman–Crippen LogP) is 7.14. The highest BCUT2D eigenvalue weighted by molar-refractivity contribution is 6.28. The van der Waals surface area contributed by atoms with Crippen LogP contribution in [0.1, 0.15) is 60.8 Å². The summed E-state index contributed by atoms with van der Waals surface area (Å²) in [5, 5.41) is 1.05. The topological polar surface area (TPSA) is 71.5 Å². The number of benzene rings is 1. The normalized spacial score (nSPS) is 11.5. The van der Waals surface area contributed by atoms with Crippen molar-refractivity contribution in [3.05, 3.63) is 64.2 Å². The van der Waals surface area contributed by atoms with E-state index in [1.54, 1.807) is 0 Å². The molecule has 0 unspecified atom stereocenters. The zero-order chi connectivity index (χ0) is 23.7. The number of hydrogen-bond donors (Lipinski definition) is 1. The molecule has 33 heavy (non-hydrogen) atoms. The van der Waals surface area contributed by atoms with Gasteiger partial charge in [0.1, 0.15) is 5.69 Å². The number of aromatic nitrogens is 4. The minimum Gasteiger partial charge on any atom is -0.359 e. The summed E-state index contributed by atoms with van der Waals surface area (Å²) < 4.78 is 0. The third-order valence-corrected chi connectivity index (χ3v) is 6.56. The summed E-state index contributed by atoms with van der Waals surface area (Å²) in [5.41, 5.74) is 7.80. The maximum absolute atomic E-state index is 13.4. The van der Waals surface area contributed by atoms with E-state index in [0.717, 1.165) is 58.2 Å². The lowest BCUT2D eigenvalue weighted by atomic mass is 9.92. The Kier molecular flexibility index (Phi) is 6.61. The molecule has 3 aromatic heterocycles. The number of H-pyrrole nitrogens is 1. The summed E-state index contributed by atoms with van der Waals surface area (Å²) in [4.78, 5) is 30.5. The zero-order valence-electron chi connectivity index (χ0n) is 19.8. The first-order valence-corrected chi connectivity index (χ1v) is 11.9. The average Bonchev–Trinajstić information content (AvgIpc) is 3.22. The second kappa shape index (κ2) is 9.44. The van der Waals surface area contributed by atoms with Crippen molar-refractivity contribution in [2.24, 2.45) is 5.92 Å².